The maximum Gasteiger partial charge on any atom is 0.460 e. The minimum absolute atomic E-state index is 0. The number of benzene rings is 1. The van der Waals surface area contributed by atoms with Crippen molar-refractivity contribution in [3.8, 4) is 5.75 Å². The maximum absolute atomic E-state index is 13.8. The lowest BCUT2D eigenvalue weighted by atomic mass is 9.96. The van der Waals surface area contributed by atoms with E-state index in [4.69, 9.17) is 0 Å². The number of hydrogen-bond donors (Lipinski definition) is 0. The van der Waals surface area contributed by atoms with Crippen molar-refractivity contribution in [1.82, 2.24) is 0 Å². The first kappa shape index (κ1) is 30.7. The molecule has 0 amide bonds. The van der Waals surface area contributed by atoms with Gasteiger partial charge in [0, 0.05) is 4.53 Å². The molecule has 1 nitrogen and oxygen atoms in total. The van der Waals surface area contributed by atoms with Crippen LogP contribution in [0.4, 0.5) is 79.2 Å². The Bertz CT molecular complexity index is 932. The normalized spacial score (nSPS) is 14.6. The van der Waals surface area contributed by atoms with Crippen molar-refractivity contribution in [3.63, 3.8) is 0 Å². The van der Waals surface area contributed by atoms with E-state index < -0.39 is 76.1 Å². The molecule has 0 saturated carbocycles. The average molecular weight is 546 g/mol. The number of rotatable bonds is 6. The van der Waals surface area contributed by atoms with Crippen LogP contribution in [0, 0.1) is 23.3 Å². The number of allylic oxidation sites excluding steroid dienone is 1. The summed E-state index contributed by atoms with van der Waals surface area (Å²) in [6.07, 6.45) is -7.67. The Hall–Kier alpha value is -2.28. The van der Waals surface area contributed by atoms with E-state index in [9.17, 15) is 79.2 Å². The highest BCUT2D eigenvalue weighted by Crippen LogP contribution is 2.59. The second kappa shape index (κ2) is 8.82. The van der Waals surface area contributed by atoms with Crippen LogP contribution in [0.15, 0.2) is 5.83 Å². The molecule has 0 atom stereocenters. The monoisotopic (exact) mass is 546 g/mol. The van der Waals surface area contributed by atoms with Crippen molar-refractivity contribution in [1.29, 1.82) is 0 Å². The Morgan fingerprint density at radius 3 is 1.33 bits per heavy atom. The van der Waals surface area contributed by atoms with Crippen LogP contribution in [0.25, 0.3) is 5.83 Å². The Kier molecular flexibility index (Phi) is 8.21. The molecule has 20 heteroatoms. The van der Waals surface area contributed by atoms with E-state index in [-0.39, 0.29) is 11.0 Å². The molecule has 0 N–H and O–H groups in total. The van der Waals surface area contributed by atoms with Gasteiger partial charge in [-0.1, -0.05) is 0 Å². The second-order valence-electron chi connectivity index (χ2n) is 5.46. The van der Waals surface area contributed by atoms with Crippen LogP contribution in [-0.2, 0) is 0 Å². The summed E-state index contributed by atoms with van der Waals surface area (Å²) in [6, 6.07) is 0. The van der Waals surface area contributed by atoms with Crippen LogP contribution in [0.5, 0.6) is 5.75 Å². The predicted molar refractivity (Wildman–Crippen MR) is 74.3 cm³/mol. The Morgan fingerprint density at radius 1 is 0.576 bits per heavy atom. The predicted octanol–water partition coefficient (Wildman–Crippen LogP) is 5.77. The van der Waals surface area contributed by atoms with Gasteiger partial charge in [0.05, 0.1) is 0 Å². The summed E-state index contributed by atoms with van der Waals surface area (Å²) in [5.74, 6) is -57.1. The average Bonchev–Trinajstić information content (AvgIpc) is 2.66. The molecule has 1 aromatic rings. The lowest BCUT2D eigenvalue weighted by Gasteiger charge is -2.36. The summed E-state index contributed by atoms with van der Waals surface area (Å²) in [7, 11) is 0. The summed E-state index contributed by atoms with van der Waals surface area (Å²) in [4.78, 5) is 2.22. The quantitative estimate of drug-likeness (QED) is 0.191. The Morgan fingerprint density at radius 2 is 0.970 bits per heavy atom. The van der Waals surface area contributed by atoms with Gasteiger partial charge in [0.25, 0.3) is 0 Å². The molecule has 0 saturated heterocycles. The van der Waals surface area contributed by atoms with E-state index in [1.54, 1.807) is 0 Å². The van der Waals surface area contributed by atoms with Gasteiger partial charge >= 0.3 is 29.9 Å². The van der Waals surface area contributed by atoms with Crippen molar-refractivity contribution in [2.24, 2.45) is 0 Å². The smallest absolute Gasteiger partial charge is 0.290 e. The molecule has 192 valence electrons. The standard InChI is InChI=1S/C13F18O.H4Si/c14-2-1(7(32-31)6(18)5(17)4(2)16)3(15)8(19)9(20,21)10(22,23)11(24,25)12(26,27)13(28,29)30;/h;1H4. The fourth-order valence-corrected chi connectivity index (χ4v) is 1.84. The van der Waals surface area contributed by atoms with Crippen molar-refractivity contribution in [2.75, 3.05) is 0 Å². The van der Waals surface area contributed by atoms with Crippen LogP contribution in [0.2, 0.25) is 0 Å². The third kappa shape index (κ3) is 4.20. The molecule has 0 spiro atoms. The third-order valence-electron chi connectivity index (χ3n) is 3.53. The van der Waals surface area contributed by atoms with E-state index in [1.807, 2.05) is 0 Å². The molecule has 1 rings (SSSR count). The number of halogens is 18. The SMILES string of the molecule is FOc1c(F)c(F)c(F)c(F)c1C(F)=C(F)C(F)(F)C(F)(F)C(F)(F)C(F)(F)C(F)(F)F.[SiH4]. The van der Waals surface area contributed by atoms with E-state index in [1.165, 1.54) is 0 Å². The van der Waals surface area contributed by atoms with Crippen LogP contribution >= 0.6 is 0 Å². The number of alkyl halides is 11. The molecular weight excluding hydrogens is 542 g/mol. The lowest BCUT2D eigenvalue weighted by molar-refractivity contribution is -0.419. The molecular formula is C13H4F18OSi. The van der Waals surface area contributed by atoms with E-state index in [2.05, 4.69) is 4.94 Å². The highest BCUT2D eigenvalue weighted by atomic mass is 28.1. The summed E-state index contributed by atoms with van der Waals surface area (Å²) >= 11 is 0. The van der Waals surface area contributed by atoms with Gasteiger partial charge in [-0.3, -0.25) is 4.94 Å². The van der Waals surface area contributed by atoms with Crippen LogP contribution in [0.3, 0.4) is 0 Å². The van der Waals surface area contributed by atoms with E-state index in [0.29, 0.717) is 0 Å². The van der Waals surface area contributed by atoms with Gasteiger partial charge < -0.3 is 0 Å². The fourth-order valence-electron chi connectivity index (χ4n) is 1.84. The molecule has 0 aliphatic rings. The molecule has 0 unspecified atom stereocenters. The summed E-state index contributed by atoms with van der Waals surface area (Å²) in [5.41, 5.74) is -3.26. The minimum atomic E-state index is -8.24. The molecule has 33 heavy (non-hydrogen) atoms. The highest BCUT2D eigenvalue weighted by molar-refractivity contribution is 5.75. The lowest BCUT2D eigenvalue weighted by Crippen LogP contribution is -2.66. The van der Waals surface area contributed by atoms with Gasteiger partial charge in [0.15, 0.2) is 17.5 Å². The van der Waals surface area contributed by atoms with Gasteiger partial charge in [-0.15, -0.1) is 0 Å². The first-order chi connectivity index (χ1) is 14.0. The zero-order valence-corrected chi connectivity index (χ0v) is 13.7. The van der Waals surface area contributed by atoms with Crippen molar-refractivity contribution in [3.05, 3.63) is 34.7 Å². The van der Waals surface area contributed by atoms with Gasteiger partial charge in [-0.25, -0.2) is 22.0 Å². The molecule has 0 aromatic heterocycles. The zero-order valence-electron chi connectivity index (χ0n) is 13.7. The third-order valence-corrected chi connectivity index (χ3v) is 3.53. The summed E-state index contributed by atoms with van der Waals surface area (Å²) in [6.45, 7) is 0. The first-order valence-corrected chi connectivity index (χ1v) is 6.82. The van der Waals surface area contributed by atoms with Crippen molar-refractivity contribution >= 4 is 16.8 Å². The number of hydrogen-bond acceptors (Lipinski definition) is 1. The molecule has 0 aliphatic heterocycles. The molecule has 0 fully saturated rings. The van der Waals surface area contributed by atoms with Gasteiger partial charge in [-0.05, 0) is 11.0 Å². The second-order valence-corrected chi connectivity index (χ2v) is 5.46. The van der Waals surface area contributed by atoms with Crippen LogP contribution in [0.1, 0.15) is 5.56 Å². The molecule has 0 aliphatic carbocycles. The van der Waals surface area contributed by atoms with E-state index in [0.717, 1.165) is 0 Å². The topological polar surface area (TPSA) is 9.23 Å². The Labute approximate surface area is 172 Å². The van der Waals surface area contributed by atoms with Gasteiger partial charge in [-0.2, -0.15) is 52.7 Å². The Balaban J connectivity index is 0.0000102. The van der Waals surface area contributed by atoms with Crippen molar-refractivity contribution < 1.29 is 84.1 Å². The minimum Gasteiger partial charge on any atom is -0.290 e. The van der Waals surface area contributed by atoms with E-state index >= 15 is 0 Å². The van der Waals surface area contributed by atoms with Crippen LogP contribution in [-0.4, -0.2) is 40.8 Å². The zero-order chi connectivity index (χ0) is 25.8. The van der Waals surface area contributed by atoms with Gasteiger partial charge in [0.1, 0.15) is 5.56 Å². The van der Waals surface area contributed by atoms with Crippen LogP contribution < -0.4 is 4.94 Å². The maximum atomic E-state index is 13.8. The molecule has 1 aromatic carbocycles. The summed E-state index contributed by atoms with van der Waals surface area (Å²) < 4.78 is 233. The van der Waals surface area contributed by atoms with Crippen molar-refractivity contribution in [2.45, 2.75) is 29.9 Å². The molecule has 0 heterocycles. The highest BCUT2D eigenvalue weighted by Gasteiger charge is 2.88. The fraction of sp³-hybridized carbons (Fsp3) is 0.385. The largest absolute Gasteiger partial charge is 0.460 e. The first-order valence-electron chi connectivity index (χ1n) is 6.82. The van der Waals surface area contributed by atoms with Gasteiger partial charge in [0.2, 0.25) is 23.2 Å². The summed E-state index contributed by atoms with van der Waals surface area (Å²) in [5, 5.41) is 0. The molecule has 0 radical (unpaired) electrons. The molecule has 0 bridgehead atoms.